The largest absolute Gasteiger partial charge is 0.322 e. The Balaban J connectivity index is 1.77. The highest BCUT2D eigenvalue weighted by molar-refractivity contribution is 5.90. The highest BCUT2D eigenvalue weighted by atomic mass is 16.2. The first-order chi connectivity index (χ1) is 12.7. The molecule has 0 saturated carbocycles. The van der Waals surface area contributed by atoms with Crippen molar-refractivity contribution in [3.05, 3.63) is 55.1 Å². The van der Waals surface area contributed by atoms with E-state index in [0.717, 1.165) is 64.5 Å². The van der Waals surface area contributed by atoms with E-state index in [1.165, 1.54) is 5.56 Å². The van der Waals surface area contributed by atoms with Crippen LogP contribution in [0.25, 0.3) is 0 Å². The molecule has 0 spiro atoms. The summed E-state index contributed by atoms with van der Waals surface area (Å²) in [6.07, 6.45) is 4.77. The van der Waals surface area contributed by atoms with Crippen molar-refractivity contribution >= 4 is 11.7 Å². The number of piperazine rings is 1. The Bertz CT molecular complexity index is 583. The summed E-state index contributed by atoms with van der Waals surface area (Å²) in [6.45, 7) is 16.9. The molecule has 0 unspecified atom stereocenters. The summed E-state index contributed by atoms with van der Waals surface area (Å²) < 4.78 is 0. The van der Waals surface area contributed by atoms with Crippen LogP contribution in [0.15, 0.2) is 49.6 Å². The standard InChI is InChI=1S/C21H32N4O/c1-4-11-23(12-5-2)13-14-24-15-17-25(18-16-24)21(26)22-20-10-8-7-9-19(20)6-3/h4-5,7-10H,1-2,6,11-18H2,3H3,(H,22,26). The maximum absolute atomic E-state index is 12.5. The van der Waals surface area contributed by atoms with Gasteiger partial charge >= 0.3 is 6.03 Å². The second-order valence-corrected chi connectivity index (χ2v) is 6.61. The Kier molecular flexibility index (Phi) is 8.38. The van der Waals surface area contributed by atoms with Gasteiger partial charge in [0.2, 0.25) is 0 Å². The van der Waals surface area contributed by atoms with Crippen LogP contribution >= 0.6 is 0 Å². The van der Waals surface area contributed by atoms with Crippen LogP contribution in [-0.4, -0.2) is 73.1 Å². The van der Waals surface area contributed by atoms with Gasteiger partial charge in [0.25, 0.3) is 0 Å². The molecule has 0 atom stereocenters. The number of hydrogen-bond acceptors (Lipinski definition) is 3. The number of carbonyl (C=O) groups is 1. The number of benzene rings is 1. The van der Waals surface area contributed by atoms with Gasteiger partial charge in [0.15, 0.2) is 0 Å². The predicted octanol–water partition coefficient (Wildman–Crippen LogP) is 3.07. The van der Waals surface area contributed by atoms with Gasteiger partial charge in [-0.3, -0.25) is 9.80 Å². The fourth-order valence-corrected chi connectivity index (χ4v) is 3.22. The van der Waals surface area contributed by atoms with Gasteiger partial charge in [0.1, 0.15) is 0 Å². The number of anilines is 1. The highest BCUT2D eigenvalue weighted by Crippen LogP contribution is 2.16. The molecule has 142 valence electrons. The molecule has 0 aliphatic carbocycles. The lowest BCUT2D eigenvalue weighted by atomic mass is 10.1. The van der Waals surface area contributed by atoms with Gasteiger partial charge in [-0.25, -0.2) is 4.79 Å². The number of carbonyl (C=O) groups excluding carboxylic acids is 1. The third-order valence-corrected chi connectivity index (χ3v) is 4.81. The van der Waals surface area contributed by atoms with Crippen molar-refractivity contribution in [3.63, 3.8) is 0 Å². The summed E-state index contributed by atoms with van der Waals surface area (Å²) in [5.41, 5.74) is 2.09. The van der Waals surface area contributed by atoms with Gasteiger partial charge in [-0.15, -0.1) is 13.2 Å². The Morgan fingerprint density at radius 2 is 1.81 bits per heavy atom. The molecule has 1 saturated heterocycles. The molecule has 2 amide bonds. The van der Waals surface area contributed by atoms with Crippen LogP contribution in [0.3, 0.4) is 0 Å². The highest BCUT2D eigenvalue weighted by Gasteiger charge is 2.21. The van der Waals surface area contributed by atoms with Crippen LogP contribution < -0.4 is 5.32 Å². The summed E-state index contributed by atoms with van der Waals surface area (Å²) in [4.78, 5) is 19.2. The van der Waals surface area contributed by atoms with Crippen molar-refractivity contribution < 1.29 is 4.79 Å². The summed E-state index contributed by atoms with van der Waals surface area (Å²) >= 11 is 0. The normalized spacial score (nSPS) is 15.1. The number of para-hydroxylation sites is 1. The van der Waals surface area contributed by atoms with Crippen molar-refractivity contribution in [2.75, 3.05) is 57.7 Å². The van der Waals surface area contributed by atoms with Gasteiger partial charge in [-0.1, -0.05) is 37.3 Å². The molecule has 1 aliphatic heterocycles. The summed E-state index contributed by atoms with van der Waals surface area (Å²) in [6, 6.07) is 8.01. The van der Waals surface area contributed by atoms with E-state index >= 15 is 0 Å². The average Bonchev–Trinajstić information content (AvgIpc) is 2.67. The molecule has 0 radical (unpaired) electrons. The van der Waals surface area contributed by atoms with Crippen LogP contribution in [0.2, 0.25) is 0 Å². The second kappa shape index (κ2) is 10.8. The lowest BCUT2D eigenvalue weighted by molar-refractivity contribution is 0.137. The first-order valence-corrected chi connectivity index (χ1v) is 9.48. The molecular weight excluding hydrogens is 324 g/mol. The number of nitrogens with one attached hydrogen (secondary N) is 1. The van der Waals surface area contributed by atoms with Crippen LogP contribution in [0.4, 0.5) is 10.5 Å². The van der Waals surface area contributed by atoms with Crippen molar-refractivity contribution in [2.45, 2.75) is 13.3 Å². The smallest absolute Gasteiger partial charge is 0.321 e. The van der Waals surface area contributed by atoms with E-state index in [4.69, 9.17) is 0 Å². The monoisotopic (exact) mass is 356 g/mol. The number of nitrogens with zero attached hydrogens (tertiary/aromatic N) is 3. The van der Waals surface area contributed by atoms with Crippen molar-refractivity contribution in [3.8, 4) is 0 Å². The number of rotatable bonds is 9. The zero-order valence-electron chi connectivity index (χ0n) is 16.0. The topological polar surface area (TPSA) is 38.8 Å². The lowest BCUT2D eigenvalue weighted by Gasteiger charge is -2.35. The quantitative estimate of drug-likeness (QED) is 0.691. The first kappa shape index (κ1) is 20.2. The second-order valence-electron chi connectivity index (χ2n) is 6.61. The minimum Gasteiger partial charge on any atom is -0.322 e. The SMILES string of the molecule is C=CCN(CC=C)CCN1CCN(C(=O)Nc2ccccc2CC)CC1. The maximum Gasteiger partial charge on any atom is 0.321 e. The number of aryl methyl sites for hydroxylation is 1. The molecule has 2 rings (SSSR count). The third kappa shape index (κ3) is 6.00. The van der Waals surface area contributed by atoms with E-state index < -0.39 is 0 Å². The van der Waals surface area contributed by atoms with E-state index in [1.807, 2.05) is 35.3 Å². The average molecular weight is 357 g/mol. The van der Waals surface area contributed by atoms with E-state index in [1.54, 1.807) is 0 Å². The summed E-state index contributed by atoms with van der Waals surface area (Å²) in [5.74, 6) is 0. The zero-order chi connectivity index (χ0) is 18.8. The van der Waals surface area contributed by atoms with E-state index in [2.05, 4.69) is 41.3 Å². The van der Waals surface area contributed by atoms with Crippen molar-refractivity contribution in [1.82, 2.24) is 14.7 Å². The Morgan fingerprint density at radius 3 is 2.42 bits per heavy atom. The summed E-state index contributed by atoms with van der Waals surface area (Å²) in [5, 5.41) is 3.07. The van der Waals surface area contributed by atoms with Gasteiger partial charge in [-0.2, -0.15) is 0 Å². The molecule has 1 fully saturated rings. The molecule has 1 N–H and O–H groups in total. The van der Waals surface area contributed by atoms with Gasteiger partial charge < -0.3 is 10.2 Å². The van der Waals surface area contributed by atoms with Crippen molar-refractivity contribution in [2.24, 2.45) is 0 Å². The Labute approximate surface area is 158 Å². The number of hydrogen-bond donors (Lipinski definition) is 1. The Morgan fingerprint density at radius 1 is 1.15 bits per heavy atom. The van der Waals surface area contributed by atoms with E-state index in [-0.39, 0.29) is 6.03 Å². The fourth-order valence-electron chi connectivity index (χ4n) is 3.22. The molecule has 1 heterocycles. The molecular formula is C21H32N4O. The van der Waals surface area contributed by atoms with Crippen LogP contribution in [0.5, 0.6) is 0 Å². The number of urea groups is 1. The lowest BCUT2D eigenvalue weighted by Crippen LogP contribution is -2.51. The van der Waals surface area contributed by atoms with E-state index in [9.17, 15) is 4.79 Å². The van der Waals surface area contributed by atoms with E-state index in [0.29, 0.717) is 0 Å². The molecule has 1 aromatic carbocycles. The predicted molar refractivity (Wildman–Crippen MR) is 110 cm³/mol. The van der Waals surface area contributed by atoms with Crippen LogP contribution in [0.1, 0.15) is 12.5 Å². The van der Waals surface area contributed by atoms with Gasteiger partial charge in [-0.05, 0) is 18.1 Å². The first-order valence-electron chi connectivity index (χ1n) is 9.48. The maximum atomic E-state index is 12.5. The molecule has 26 heavy (non-hydrogen) atoms. The summed E-state index contributed by atoms with van der Waals surface area (Å²) in [7, 11) is 0. The Hall–Kier alpha value is -2.11. The molecule has 1 aliphatic rings. The molecule has 0 bridgehead atoms. The van der Waals surface area contributed by atoms with Crippen molar-refractivity contribution in [1.29, 1.82) is 0 Å². The zero-order valence-corrected chi connectivity index (χ0v) is 16.0. The molecule has 1 aromatic rings. The molecule has 5 heteroatoms. The minimum atomic E-state index is 0.00508. The van der Waals surface area contributed by atoms with Gasteiger partial charge in [0.05, 0.1) is 0 Å². The minimum absolute atomic E-state index is 0.00508. The van der Waals surface area contributed by atoms with Crippen LogP contribution in [0, 0.1) is 0 Å². The molecule has 0 aromatic heterocycles. The number of amides is 2. The fraction of sp³-hybridized carbons (Fsp3) is 0.476. The van der Waals surface area contributed by atoms with Crippen LogP contribution in [-0.2, 0) is 6.42 Å². The third-order valence-electron chi connectivity index (χ3n) is 4.81. The van der Waals surface area contributed by atoms with Gasteiger partial charge in [0, 0.05) is 58.0 Å². The molecule has 5 nitrogen and oxygen atoms in total.